The van der Waals surface area contributed by atoms with Crippen LogP contribution in [0.15, 0.2) is 47.5 Å². The number of hydrogen-bond acceptors (Lipinski definition) is 3. The lowest BCUT2D eigenvalue weighted by atomic mass is 10.1. The molecule has 0 aliphatic rings. The molecule has 0 saturated carbocycles. The number of ether oxygens (including phenoxy) is 1. The van der Waals surface area contributed by atoms with Crippen molar-refractivity contribution < 1.29 is 13.9 Å². The van der Waals surface area contributed by atoms with Gasteiger partial charge in [-0.1, -0.05) is 18.2 Å². The Morgan fingerprint density at radius 1 is 1.13 bits per heavy atom. The minimum absolute atomic E-state index is 0. The minimum atomic E-state index is -0.398. The van der Waals surface area contributed by atoms with Crippen LogP contribution in [-0.2, 0) is 13.0 Å². The van der Waals surface area contributed by atoms with Gasteiger partial charge in [-0.2, -0.15) is 0 Å². The molecule has 0 aliphatic carbocycles. The first-order valence-corrected chi connectivity index (χ1v) is 9.59. The number of aliphatic imine (C=N–C) groups is 1. The zero-order valence-electron chi connectivity index (χ0n) is 17.9. The number of carbonyl (C=O) groups excluding carboxylic acids is 1. The van der Waals surface area contributed by atoms with Gasteiger partial charge in [0.1, 0.15) is 0 Å². The normalized spacial score (nSPS) is 10.8. The van der Waals surface area contributed by atoms with E-state index in [2.05, 4.69) is 15.6 Å². The van der Waals surface area contributed by atoms with Crippen molar-refractivity contribution in [1.29, 1.82) is 0 Å². The second kappa shape index (κ2) is 13.0. The van der Waals surface area contributed by atoms with Crippen LogP contribution in [0.5, 0.6) is 5.75 Å². The summed E-state index contributed by atoms with van der Waals surface area (Å²) in [6.07, 6.45) is 0.746. The lowest BCUT2D eigenvalue weighted by Gasteiger charge is -2.13. The third-order valence-electron chi connectivity index (χ3n) is 4.27. The Balaban J connectivity index is 0.00000450. The Morgan fingerprint density at radius 2 is 1.90 bits per heavy atom. The summed E-state index contributed by atoms with van der Waals surface area (Å²) in [5.74, 6) is 0.466. The van der Waals surface area contributed by atoms with E-state index in [-0.39, 0.29) is 35.6 Å². The molecule has 0 saturated heterocycles. The molecule has 0 aromatic heterocycles. The number of carbonyl (C=O) groups is 1. The molecule has 2 aromatic carbocycles. The van der Waals surface area contributed by atoms with Crippen molar-refractivity contribution in [3.8, 4) is 5.75 Å². The number of hydrogen-bond donors (Lipinski definition) is 2. The molecular formula is C22H30FIN4O2. The SMILES string of the molecule is CCNC(=NCc1ccc(OC)c(F)c1)NCCc1cccc(C(=O)N(C)C)c1.I. The summed E-state index contributed by atoms with van der Waals surface area (Å²) in [7, 11) is 4.92. The third-order valence-corrected chi connectivity index (χ3v) is 4.27. The van der Waals surface area contributed by atoms with Gasteiger partial charge in [0, 0.05) is 32.7 Å². The lowest BCUT2D eigenvalue weighted by molar-refractivity contribution is 0.0827. The first-order valence-electron chi connectivity index (χ1n) is 9.59. The third kappa shape index (κ3) is 7.81. The van der Waals surface area contributed by atoms with Gasteiger partial charge in [0.25, 0.3) is 5.91 Å². The quantitative estimate of drug-likeness (QED) is 0.313. The minimum Gasteiger partial charge on any atom is -0.494 e. The van der Waals surface area contributed by atoms with E-state index < -0.39 is 5.82 Å². The Bertz CT molecular complexity index is 859. The smallest absolute Gasteiger partial charge is 0.253 e. The van der Waals surface area contributed by atoms with Crippen LogP contribution in [-0.4, -0.2) is 51.1 Å². The van der Waals surface area contributed by atoms with Gasteiger partial charge in [0.15, 0.2) is 17.5 Å². The van der Waals surface area contributed by atoms with Crippen LogP contribution in [0.25, 0.3) is 0 Å². The Kier molecular flexibility index (Phi) is 11.2. The molecule has 0 atom stereocenters. The summed E-state index contributed by atoms with van der Waals surface area (Å²) < 4.78 is 18.8. The zero-order valence-corrected chi connectivity index (χ0v) is 20.2. The average molecular weight is 528 g/mol. The molecule has 0 radical (unpaired) electrons. The summed E-state index contributed by atoms with van der Waals surface area (Å²) in [6.45, 7) is 3.71. The number of rotatable bonds is 8. The number of methoxy groups -OCH3 is 1. The number of amides is 1. The molecule has 0 fully saturated rings. The van der Waals surface area contributed by atoms with Gasteiger partial charge in [0.05, 0.1) is 13.7 Å². The van der Waals surface area contributed by atoms with E-state index in [0.717, 1.165) is 24.1 Å². The fraction of sp³-hybridized carbons (Fsp3) is 0.364. The van der Waals surface area contributed by atoms with Gasteiger partial charge < -0.3 is 20.3 Å². The van der Waals surface area contributed by atoms with Gasteiger partial charge in [-0.15, -0.1) is 24.0 Å². The standard InChI is InChI=1S/C22H29FN4O2.HI/c1-5-24-22(26-15-17-9-10-20(29-4)19(23)14-17)25-12-11-16-7-6-8-18(13-16)21(28)27(2)3;/h6-10,13-14H,5,11-12,15H2,1-4H3,(H2,24,25,26);1H. The Labute approximate surface area is 194 Å². The van der Waals surface area contributed by atoms with Crippen LogP contribution < -0.4 is 15.4 Å². The van der Waals surface area contributed by atoms with Gasteiger partial charge in [-0.25, -0.2) is 9.38 Å². The van der Waals surface area contributed by atoms with Crippen LogP contribution in [0.3, 0.4) is 0 Å². The van der Waals surface area contributed by atoms with E-state index in [4.69, 9.17) is 4.74 Å². The molecule has 0 unspecified atom stereocenters. The molecule has 2 N–H and O–H groups in total. The Morgan fingerprint density at radius 3 is 2.53 bits per heavy atom. The fourth-order valence-corrected chi connectivity index (χ4v) is 2.76. The highest BCUT2D eigenvalue weighted by molar-refractivity contribution is 14.0. The highest BCUT2D eigenvalue weighted by Crippen LogP contribution is 2.18. The van der Waals surface area contributed by atoms with Crippen molar-refractivity contribution in [2.24, 2.45) is 4.99 Å². The summed E-state index contributed by atoms with van der Waals surface area (Å²) in [6, 6.07) is 12.4. The van der Waals surface area contributed by atoms with E-state index in [1.807, 2.05) is 31.2 Å². The topological polar surface area (TPSA) is 66.0 Å². The van der Waals surface area contributed by atoms with Gasteiger partial charge in [-0.05, 0) is 48.7 Å². The molecule has 6 nitrogen and oxygen atoms in total. The summed E-state index contributed by atoms with van der Waals surface area (Å²) in [5, 5.41) is 6.45. The number of nitrogens with one attached hydrogen (secondary N) is 2. The highest BCUT2D eigenvalue weighted by atomic mass is 127. The first-order chi connectivity index (χ1) is 13.9. The van der Waals surface area contributed by atoms with E-state index in [1.54, 1.807) is 31.1 Å². The van der Waals surface area contributed by atoms with Crippen molar-refractivity contribution in [3.05, 3.63) is 65.0 Å². The maximum Gasteiger partial charge on any atom is 0.253 e. The molecular weight excluding hydrogens is 498 g/mol. The van der Waals surface area contributed by atoms with E-state index in [0.29, 0.717) is 24.6 Å². The van der Waals surface area contributed by atoms with Crippen LogP contribution in [0.2, 0.25) is 0 Å². The van der Waals surface area contributed by atoms with Crippen molar-refractivity contribution >= 4 is 35.8 Å². The molecule has 1 amide bonds. The molecule has 0 spiro atoms. The predicted molar refractivity (Wildman–Crippen MR) is 129 cm³/mol. The van der Waals surface area contributed by atoms with Gasteiger partial charge >= 0.3 is 0 Å². The van der Waals surface area contributed by atoms with Crippen molar-refractivity contribution in [3.63, 3.8) is 0 Å². The predicted octanol–water partition coefficient (Wildman–Crippen LogP) is 3.45. The number of benzene rings is 2. The van der Waals surface area contributed by atoms with Crippen LogP contribution in [0.4, 0.5) is 4.39 Å². The summed E-state index contributed by atoms with van der Waals surface area (Å²) in [4.78, 5) is 18.2. The van der Waals surface area contributed by atoms with E-state index in [9.17, 15) is 9.18 Å². The van der Waals surface area contributed by atoms with Crippen molar-refractivity contribution in [2.45, 2.75) is 19.9 Å². The molecule has 0 bridgehead atoms. The van der Waals surface area contributed by atoms with Crippen molar-refractivity contribution in [2.75, 3.05) is 34.3 Å². The van der Waals surface area contributed by atoms with Crippen LogP contribution in [0.1, 0.15) is 28.4 Å². The molecule has 0 heterocycles. The monoisotopic (exact) mass is 528 g/mol. The largest absolute Gasteiger partial charge is 0.494 e. The molecule has 0 aliphatic heterocycles. The molecule has 2 rings (SSSR count). The maximum atomic E-state index is 13.8. The second-order valence-electron chi connectivity index (χ2n) is 6.74. The first kappa shape index (κ1) is 25.7. The van der Waals surface area contributed by atoms with Gasteiger partial charge in [-0.3, -0.25) is 4.79 Å². The zero-order chi connectivity index (χ0) is 21.2. The molecule has 164 valence electrons. The van der Waals surface area contributed by atoms with E-state index >= 15 is 0 Å². The highest BCUT2D eigenvalue weighted by Gasteiger charge is 2.08. The summed E-state index contributed by atoms with van der Waals surface area (Å²) in [5.41, 5.74) is 2.50. The second-order valence-corrected chi connectivity index (χ2v) is 6.74. The van der Waals surface area contributed by atoms with Gasteiger partial charge in [0.2, 0.25) is 0 Å². The number of nitrogens with zero attached hydrogens (tertiary/aromatic N) is 2. The van der Waals surface area contributed by atoms with Crippen LogP contribution in [0, 0.1) is 5.82 Å². The number of halogens is 2. The van der Waals surface area contributed by atoms with E-state index in [1.165, 1.54) is 13.2 Å². The molecule has 30 heavy (non-hydrogen) atoms. The molecule has 2 aromatic rings. The Hall–Kier alpha value is -2.36. The van der Waals surface area contributed by atoms with Crippen molar-refractivity contribution in [1.82, 2.24) is 15.5 Å². The summed E-state index contributed by atoms with van der Waals surface area (Å²) >= 11 is 0. The van der Waals surface area contributed by atoms with Crippen LogP contribution >= 0.6 is 24.0 Å². The number of guanidine groups is 1. The lowest BCUT2D eigenvalue weighted by Crippen LogP contribution is -2.38. The fourth-order valence-electron chi connectivity index (χ4n) is 2.76. The average Bonchev–Trinajstić information content (AvgIpc) is 2.71. The maximum absolute atomic E-state index is 13.8. The molecule has 8 heteroatoms.